The first-order valence-corrected chi connectivity index (χ1v) is 9.60. The number of carbonyl (C=O) groups is 1. The van der Waals surface area contributed by atoms with Crippen molar-refractivity contribution in [3.63, 3.8) is 0 Å². The Bertz CT molecular complexity index is 1020. The van der Waals surface area contributed by atoms with Gasteiger partial charge in [-0.2, -0.15) is 5.21 Å². The van der Waals surface area contributed by atoms with Gasteiger partial charge in [-0.1, -0.05) is 30.3 Å². The van der Waals surface area contributed by atoms with Crippen molar-refractivity contribution in [3.05, 3.63) is 59.9 Å². The molecule has 0 fully saturated rings. The van der Waals surface area contributed by atoms with Gasteiger partial charge in [0.15, 0.2) is 17.6 Å². The average Bonchev–Trinajstić information content (AvgIpc) is 3.32. The molecule has 0 aliphatic carbocycles. The van der Waals surface area contributed by atoms with Crippen LogP contribution in [0.2, 0.25) is 0 Å². The van der Waals surface area contributed by atoms with Gasteiger partial charge in [-0.3, -0.25) is 4.79 Å². The van der Waals surface area contributed by atoms with Crippen LogP contribution in [0, 0.1) is 0 Å². The van der Waals surface area contributed by atoms with E-state index in [1.54, 1.807) is 24.3 Å². The van der Waals surface area contributed by atoms with Crippen LogP contribution in [0.25, 0.3) is 6.08 Å². The van der Waals surface area contributed by atoms with Crippen LogP contribution in [0.15, 0.2) is 48.5 Å². The van der Waals surface area contributed by atoms with E-state index in [0.717, 1.165) is 17.7 Å². The highest BCUT2D eigenvalue weighted by molar-refractivity contribution is 6.03. The molecule has 0 bridgehead atoms. The largest absolute Gasteiger partial charge is 0.494 e. The normalized spacial score (nSPS) is 15.2. The lowest BCUT2D eigenvalue weighted by Gasteiger charge is -2.26. The van der Waals surface area contributed by atoms with Crippen LogP contribution >= 0.6 is 0 Å². The van der Waals surface area contributed by atoms with Crippen molar-refractivity contribution < 1.29 is 19.0 Å². The number of benzene rings is 2. The summed E-state index contributed by atoms with van der Waals surface area (Å²) in [5, 5.41) is 16.6. The molecular formula is C21H21N5O4. The number of aromatic amines is 1. The highest BCUT2D eigenvalue weighted by Crippen LogP contribution is 2.41. The van der Waals surface area contributed by atoms with Gasteiger partial charge in [0.2, 0.25) is 11.7 Å². The molecule has 0 saturated heterocycles. The number of nitrogens with one attached hydrogen (secondary N) is 2. The topological polar surface area (TPSA) is 111 Å². The molecule has 0 radical (unpaired) electrons. The molecule has 4 rings (SSSR count). The fraction of sp³-hybridized carbons (Fsp3) is 0.238. The van der Waals surface area contributed by atoms with E-state index in [9.17, 15) is 4.79 Å². The number of ether oxygens (including phenoxy) is 3. The second-order valence-corrected chi connectivity index (χ2v) is 6.56. The summed E-state index contributed by atoms with van der Waals surface area (Å²) in [5.74, 6) is 1.87. The highest BCUT2D eigenvalue weighted by atomic mass is 16.6. The first-order valence-electron chi connectivity index (χ1n) is 9.60. The maximum absolute atomic E-state index is 12.4. The molecule has 1 aliphatic heterocycles. The summed E-state index contributed by atoms with van der Waals surface area (Å²) >= 11 is 0. The summed E-state index contributed by atoms with van der Waals surface area (Å²) < 4.78 is 17.2. The van der Waals surface area contributed by atoms with Crippen molar-refractivity contribution in [1.29, 1.82) is 0 Å². The smallest absolute Gasteiger partial charge is 0.248 e. The Balaban J connectivity index is 1.42. The SMILES string of the molecule is CCCOc1ccc(/C=C/C(=O)Nc2cccc3c2OC(c2nn[nH]n2)CO3)cc1. The summed E-state index contributed by atoms with van der Waals surface area (Å²) in [4.78, 5) is 12.4. The first-order chi connectivity index (χ1) is 14.7. The van der Waals surface area contributed by atoms with E-state index in [2.05, 4.69) is 32.9 Å². The van der Waals surface area contributed by atoms with E-state index >= 15 is 0 Å². The third-order valence-corrected chi connectivity index (χ3v) is 4.32. The minimum atomic E-state index is -0.515. The zero-order valence-electron chi connectivity index (χ0n) is 16.4. The number of fused-ring (bicyclic) bond motifs is 1. The van der Waals surface area contributed by atoms with Gasteiger partial charge >= 0.3 is 0 Å². The molecule has 30 heavy (non-hydrogen) atoms. The Morgan fingerprint density at radius 3 is 2.93 bits per heavy atom. The summed E-state index contributed by atoms with van der Waals surface area (Å²) in [5.41, 5.74) is 1.39. The van der Waals surface area contributed by atoms with Gasteiger partial charge in [0.25, 0.3) is 0 Å². The number of hydrogen-bond acceptors (Lipinski definition) is 7. The number of rotatable bonds is 7. The van der Waals surface area contributed by atoms with Crippen LogP contribution in [0.5, 0.6) is 17.2 Å². The third-order valence-electron chi connectivity index (χ3n) is 4.32. The minimum Gasteiger partial charge on any atom is -0.494 e. The van der Waals surface area contributed by atoms with Crippen LogP contribution in [0.4, 0.5) is 5.69 Å². The molecule has 1 aromatic heterocycles. The molecule has 2 N–H and O–H groups in total. The van der Waals surface area contributed by atoms with Crippen molar-refractivity contribution in [2.45, 2.75) is 19.4 Å². The molecule has 0 saturated carbocycles. The Hall–Kier alpha value is -3.88. The van der Waals surface area contributed by atoms with E-state index in [1.165, 1.54) is 6.08 Å². The summed E-state index contributed by atoms with van der Waals surface area (Å²) in [6.45, 7) is 2.99. The third kappa shape index (κ3) is 4.57. The van der Waals surface area contributed by atoms with Gasteiger partial charge in [-0.25, -0.2) is 0 Å². The van der Waals surface area contributed by atoms with Gasteiger partial charge < -0.3 is 19.5 Å². The molecule has 1 aliphatic rings. The van der Waals surface area contributed by atoms with E-state index in [0.29, 0.717) is 29.6 Å². The number of tetrazole rings is 1. The Kier molecular flexibility index (Phi) is 5.88. The maximum atomic E-state index is 12.4. The predicted octanol–water partition coefficient (Wildman–Crippen LogP) is 3.15. The van der Waals surface area contributed by atoms with Gasteiger partial charge in [-0.05, 0) is 42.3 Å². The van der Waals surface area contributed by atoms with Gasteiger partial charge in [-0.15, -0.1) is 10.2 Å². The van der Waals surface area contributed by atoms with E-state index < -0.39 is 6.10 Å². The fourth-order valence-corrected chi connectivity index (χ4v) is 2.87. The Morgan fingerprint density at radius 2 is 2.17 bits per heavy atom. The zero-order chi connectivity index (χ0) is 20.8. The predicted molar refractivity (Wildman–Crippen MR) is 109 cm³/mol. The standard InChI is InChI=1S/C21H21N5O4/c1-2-12-28-15-9-6-14(7-10-15)8-11-19(27)22-16-4-3-5-17-20(16)30-18(13-29-17)21-23-25-26-24-21/h3-11,18H,2,12-13H2,1H3,(H,22,27)(H,23,24,25,26)/b11-8+. The van der Waals surface area contributed by atoms with Crippen molar-refractivity contribution in [2.75, 3.05) is 18.5 Å². The monoisotopic (exact) mass is 407 g/mol. The Morgan fingerprint density at radius 1 is 1.30 bits per heavy atom. The molecule has 2 heterocycles. The number of nitrogens with zero attached hydrogens (tertiary/aromatic N) is 3. The van der Waals surface area contributed by atoms with Gasteiger partial charge in [0.1, 0.15) is 12.4 Å². The number of amides is 1. The van der Waals surface area contributed by atoms with Gasteiger partial charge in [0, 0.05) is 6.08 Å². The Labute approximate surface area is 173 Å². The summed E-state index contributed by atoms with van der Waals surface area (Å²) in [7, 11) is 0. The lowest BCUT2D eigenvalue weighted by Crippen LogP contribution is -2.24. The second kappa shape index (κ2) is 9.08. The number of H-pyrrole nitrogens is 1. The van der Waals surface area contributed by atoms with E-state index in [-0.39, 0.29) is 12.5 Å². The average molecular weight is 407 g/mol. The quantitative estimate of drug-likeness (QED) is 0.579. The van der Waals surface area contributed by atoms with E-state index in [1.807, 2.05) is 24.3 Å². The molecule has 1 unspecified atom stereocenters. The van der Waals surface area contributed by atoms with Crippen molar-refractivity contribution in [2.24, 2.45) is 0 Å². The lowest BCUT2D eigenvalue weighted by atomic mass is 10.2. The zero-order valence-corrected chi connectivity index (χ0v) is 16.4. The molecule has 2 aromatic carbocycles. The minimum absolute atomic E-state index is 0.252. The van der Waals surface area contributed by atoms with Crippen LogP contribution in [0.1, 0.15) is 30.8 Å². The number of carbonyl (C=O) groups excluding carboxylic acids is 1. The van der Waals surface area contributed by atoms with Gasteiger partial charge in [0.05, 0.1) is 12.3 Å². The van der Waals surface area contributed by atoms with Crippen molar-refractivity contribution >= 4 is 17.7 Å². The molecular weight excluding hydrogens is 386 g/mol. The highest BCUT2D eigenvalue weighted by Gasteiger charge is 2.28. The molecule has 3 aromatic rings. The summed E-state index contributed by atoms with van der Waals surface area (Å²) in [6, 6.07) is 12.8. The van der Waals surface area contributed by atoms with Crippen molar-refractivity contribution in [3.8, 4) is 17.2 Å². The second-order valence-electron chi connectivity index (χ2n) is 6.56. The summed E-state index contributed by atoms with van der Waals surface area (Å²) in [6.07, 6.45) is 3.63. The molecule has 1 atom stereocenters. The maximum Gasteiger partial charge on any atom is 0.248 e. The van der Waals surface area contributed by atoms with E-state index in [4.69, 9.17) is 14.2 Å². The molecule has 1 amide bonds. The van der Waals surface area contributed by atoms with Crippen LogP contribution in [-0.4, -0.2) is 39.7 Å². The van der Waals surface area contributed by atoms with Crippen LogP contribution in [-0.2, 0) is 4.79 Å². The first kappa shape index (κ1) is 19.4. The fourth-order valence-electron chi connectivity index (χ4n) is 2.87. The number of para-hydroxylation sites is 1. The van der Waals surface area contributed by atoms with Crippen LogP contribution in [0.3, 0.4) is 0 Å². The van der Waals surface area contributed by atoms with Crippen LogP contribution < -0.4 is 19.5 Å². The number of anilines is 1. The molecule has 154 valence electrons. The lowest BCUT2D eigenvalue weighted by molar-refractivity contribution is -0.111. The molecule has 0 spiro atoms. The van der Waals surface area contributed by atoms with Crippen molar-refractivity contribution in [1.82, 2.24) is 20.6 Å². The molecule has 9 heteroatoms. The number of hydrogen-bond donors (Lipinski definition) is 2. The molecule has 9 nitrogen and oxygen atoms in total. The number of aromatic nitrogens is 4.